The van der Waals surface area contributed by atoms with E-state index < -0.39 is 11.4 Å². The van der Waals surface area contributed by atoms with Crippen molar-refractivity contribution in [1.82, 2.24) is 0 Å². The van der Waals surface area contributed by atoms with Gasteiger partial charge in [-0.15, -0.1) is 0 Å². The number of methoxy groups -OCH3 is 1. The van der Waals surface area contributed by atoms with Crippen molar-refractivity contribution in [1.29, 1.82) is 0 Å². The number of carbonyl (C=O) groups is 2. The fourth-order valence-corrected chi connectivity index (χ4v) is 2.24. The Hall–Kier alpha value is -1.32. The number of carbonyl (C=O) groups excluding carboxylic acids is 2. The molecule has 0 saturated heterocycles. The van der Waals surface area contributed by atoms with Crippen LogP contribution in [0.3, 0.4) is 0 Å². The predicted octanol–water partition coefficient (Wildman–Crippen LogP) is 2.23. The van der Waals surface area contributed by atoms with Gasteiger partial charge in [0.15, 0.2) is 0 Å². The van der Waals surface area contributed by atoms with E-state index in [-0.39, 0.29) is 5.97 Å². The van der Waals surface area contributed by atoms with E-state index in [9.17, 15) is 9.59 Å². The van der Waals surface area contributed by atoms with Crippen LogP contribution in [0.15, 0.2) is 12.2 Å². The molecule has 96 valence electrons. The van der Waals surface area contributed by atoms with Gasteiger partial charge in [-0.1, -0.05) is 25.3 Å². The van der Waals surface area contributed by atoms with Gasteiger partial charge in [-0.05, 0) is 19.8 Å². The average molecular weight is 240 g/mol. The molecule has 17 heavy (non-hydrogen) atoms. The third-order valence-electron chi connectivity index (χ3n) is 3.16. The first-order valence-corrected chi connectivity index (χ1v) is 6.09. The highest BCUT2D eigenvalue weighted by Gasteiger charge is 2.38. The second-order valence-electron chi connectivity index (χ2n) is 4.29. The van der Waals surface area contributed by atoms with E-state index in [1.807, 2.05) is 0 Å². The Morgan fingerprint density at radius 1 is 1.24 bits per heavy atom. The summed E-state index contributed by atoms with van der Waals surface area (Å²) in [4.78, 5) is 23.1. The van der Waals surface area contributed by atoms with E-state index in [2.05, 4.69) is 0 Å². The van der Waals surface area contributed by atoms with Crippen molar-refractivity contribution in [2.45, 2.75) is 39.0 Å². The van der Waals surface area contributed by atoms with Crippen LogP contribution in [0, 0.1) is 5.41 Å². The molecule has 1 aliphatic rings. The van der Waals surface area contributed by atoms with Crippen LogP contribution in [0.5, 0.6) is 0 Å². The summed E-state index contributed by atoms with van der Waals surface area (Å²) in [7, 11) is 1.39. The minimum Gasteiger partial charge on any atom is -0.468 e. The van der Waals surface area contributed by atoms with E-state index in [1.165, 1.54) is 13.2 Å². The zero-order valence-electron chi connectivity index (χ0n) is 10.5. The summed E-state index contributed by atoms with van der Waals surface area (Å²) in [6.07, 6.45) is 7.61. The van der Waals surface area contributed by atoms with Crippen LogP contribution in [0.4, 0.5) is 0 Å². The standard InChI is InChI=1S/C13H20O4/c1-3-17-11(14)7-10-13(12(15)16-2)8-5-4-6-9-13/h7,10H,3-6,8-9H2,1-2H3/b10-7+. The van der Waals surface area contributed by atoms with Crippen LogP contribution in [-0.2, 0) is 19.1 Å². The van der Waals surface area contributed by atoms with Gasteiger partial charge in [0.25, 0.3) is 0 Å². The van der Waals surface area contributed by atoms with E-state index in [4.69, 9.17) is 9.47 Å². The highest BCUT2D eigenvalue weighted by molar-refractivity contribution is 5.85. The van der Waals surface area contributed by atoms with Crippen molar-refractivity contribution in [2.24, 2.45) is 5.41 Å². The van der Waals surface area contributed by atoms with Crippen molar-refractivity contribution in [3.05, 3.63) is 12.2 Å². The lowest BCUT2D eigenvalue weighted by Crippen LogP contribution is -2.32. The molecule has 0 aromatic rings. The first-order valence-electron chi connectivity index (χ1n) is 6.09. The lowest BCUT2D eigenvalue weighted by Gasteiger charge is -2.31. The van der Waals surface area contributed by atoms with Gasteiger partial charge >= 0.3 is 11.9 Å². The third-order valence-corrected chi connectivity index (χ3v) is 3.16. The fourth-order valence-electron chi connectivity index (χ4n) is 2.24. The molecule has 1 rings (SSSR count). The maximum atomic E-state index is 11.8. The Labute approximate surface area is 102 Å². The molecule has 0 heterocycles. The SMILES string of the molecule is CCOC(=O)/C=C/C1(C(=O)OC)CCCCC1. The summed E-state index contributed by atoms with van der Waals surface area (Å²) in [5.74, 6) is -0.654. The smallest absolute Gasteiger partial charge is 0.330 e. The van der Waals surface area contributed by atoms with E-state index in [1.54, 1.807) is 13.0 Å². The van der Waals surface area contributed by atoms with Gasteiger partial charge in [-0.3, -0.25) is 4.79 Å². The van der Waals surface area contributed by atoms with Gasteiger partial charge in [0.2, 0.25) is 0 Å². The zero-order valence-corrected chi connectivity index (χ0v) is 10.5. The molecule has 0 radical (unpaired) electrons. The zero-order chi connectivity index (χ0) is 12.7. The maximum absolute atomic E-state index is 11.8. The van der Waals surface area contributed by atoms with Crippen LogP contribution in [0.1, 0.15) is 39.0 Å². The first-order chi connectivity index (χ1) is 8.14. The topological polar surface area (TPSA) is 52.6 Å². The van der Waals surface area contributed by atoms with Gasteiger partial charge in [0, 0.05) is 6.08 Å². The molecule has 0 spiro atoms. The average Bonchev–Trinajstić information content (AvgIpc) is 2.37. The molecule has 0 N–H and O–H groups in total. The van der Waals surface area contributed by atoms with Gasteiger partial charge in [-0.25, -0.2) is 4.79 Å². The van der Waals surface area contributed by atoms with Crippen molar-refractivity contribution >= 4 is 11.9 Å². The minimum atomic E-state index is -0.625. The maximum Gasteiger partial charge on any atom is 0.330 e. The lowest BCUT2D eigenvalue weighted by molar-refractivity contribution is -0.151. The highest BCUT2D eigenvalue weighted by Crippen LogP contribution is 2.38. The predicted molar refractivity (Wildman–Crippen MR) is 63.3 cm³/mol. The molecule has 0 bridgehead atoms. The van der Waals surface area contributed by atoms with Crippen molar-refractivity contribution in [2.75, 3.05) is 13.7 Å². The summed E-state index contributed by atoms with van der Waals surface area (Å²) in [5.41, 5.74) is -0.625. The summed E-state index contributed by atoms with van der Waals surface area (Å²) in [5, 5.41) is 0. The van der Waals surface area contributed by atoms with Crippen molar-refractivity contribution < 1.29 is 19.1 Å². The summed E-state index contributed by atoms with van der Waals surface area (Å²) < 4.78 is 9.66. The number of hydrogen-bond donors (Lipinski definition) is 0. The van der Waals surface area contributed by atoms with Crippen molar-refractivity contribution in [3.63, 3.8) is 0 Å². The molecule has 0 aromatic heterocycles. The first kappa shape index (κ1) is 13.7. The Balaban J connectivity index is 2.76. The molecular weight excluding hydrogens is 220 g/mol. The molecule has 0 unspecified atom stereocenters. The van der Waals surface area contributed by atoms with Crippen LogP contribution < -0.4 is 0 Å². The van der Waals surface area contributed by atoms with E-state index in [0.29, 0.717) is 6.61 Å². The second kappa shape index (κ2) is 6.42. The highest BCUT2D eigenvalue weighted by atomic mass is 16.5. The summed E-state index contributed by atoms with van der Waals surface area (Å²) in [6.45, 7) is 2.09. The van der Waals surface area contributed by atoms with E-state index >= 15 is 0 Å². The van der Waals surface area contributed by atoms with Gasteiger partial charge < -0.3 is 9.47 Å². The molecule has 4 nitrogen and oxygen atoms in total. The van der Waals surface area contributed by atoms with Gasteiger partial charge in [0.05, 0.1) is 19.1 Å². The normalized spacial score (nSPS) is 18.9. The Kier molecular flexibility index (Phi) is 5.19. The number of ether oxygens (including phenoxy) is 2. The van der Waals surface area contributed by atoms with Gasteiger partial charge in [0.1, 0.15) is 0 Å². The van der Waals surface area contributed by atoms with Crippen LogP contribution in [0.2, 0.25) is 0 Å². The number of hydrogen-bond acceptors (Lipinski definition) is 4. The van der Waals surface area contributed by atoms with Crippen molar-refractivity contribution in [3.8, 4) is 0 Å². The van der Waals surface area contributed by atoms with Crippen LogP contribution >= 0.6 is 0 Å². The summed E-state index contributed by atoms with van der Waals surface area (Å²) >= 11 is 0. The quantitative estimate of drug-likeness (QED) is 0.558. The van der Waals surface area contributed by atoms with E-state index in [0.717, 1.165) is 32.1 Å². The third kappa shape index (κ3) is 3.58. The lowest BCUT2D eigenvalue weighted by atomic mass is 9.74. The largest absolute Gasteiger partial charge is 0.468 e. The van der Waals surface area contributed by atoms with Crippen LogP contribution in [0.25, 0.3) is 0 Å². The molecule has 4 heteroatoms. The number of rotatable bonds is 4. The fraction of sp³-hybridized carbons (Fsp3) is 0.692. The minimum absolute atomic E-state index is 0.252. The molecule has 0 aliphatic heterocycles. The Bertz CT molecular complexity index is 301. The molecular formula is C13H20O4. The summed E-state index contributed by atoms with van der Waals surface area (Å²) in [6, 6.07) is 0. The molecule has 1 saturated carbocycles. The molecule has 1 aliphatic carbocycles. The monoisotopic (exact) mass is 240 g/mol. The van der Waals surface area contributed by atoms with Crippen LogP contribution in [-0.4, -0.2) is 25.7 Å². The molecule has 0 aromatic carbocycles. The number of esters is 2. The second-order valence-corrected chi connectivity index (χ2v) is 4.29. The molecule has 0 atom stereocenters. The molecule has 1 fully saturated rings. The Morgan fingerprint density at radius 2 is 1.88 bits per heavy atom. The molecule has 0 amide bonds. The Morgan fingerprint density at radius 3 is 2.41 bits per heavy atom. The van der Waals surface area contributed by atoms with Gasteiger partial charge in [-0.2, -0.15) is 0 Å².